The van der Waals surface area contributed by atoms with Gasteiger partial charge in [-0.2, -0.15) is 5.10 Å². The highest BCUT2D eigenvalue weighted by molar-refractivity contribution is 6.15. The van der Waals surface area contributed by atoms with E-state index in [2.05, 4.69) is 33.4 Å². The minimum atomic E-state index is 0.880. The lowest BCUT2D eigenvalue weighted by Crippen LogP contribution is -2.11. The summed E-state index contributed by atoms with van der Waals surface area (Å²) in [6, 6.07) is 12.2. The van der Waals surface area contributed by atoms with Crippen molar-refractivity contribution >= 4 is 22.7 Å². The molecule has 0 amide bonds. The molecule has 0 saturated carbocycles. The van der Waals surface area contributed by atoms with Gasteiger partial charge in [0, 0.05) is 29.9 Å². The molecule has 4 nitrogen and oxygen atoms in total. The molecule has 1 N–H and O–H groups in total. The maximum Gasteiger partial charge on any atom is 0.0927 e. The van der Waals surface area contributed by atoms with E-state index in [1.807, 2.05) is 30.5 Å². The fourth-order valence-corrected chi connectivity index (χ4v) is 2.86. The lowest BCUT2D eigenvalue weighted by molar-refractivity contribution is 0.818. The van der Waals surface area contributed by atoms with Crippen LogP contribution in [0.1, 0.15) is 24.1 Å². The van der Waals surface area contributed by atoms with Gasteiger partial charge in [-0.1, -0.05) is 18.2 Å². The van der Waals surface area contributed by atoms with Gasteiger partial charge >= 0.3 is 0 Å². The van der Waals surface area contributed by atoms with Gasteiger partial charge in [-0.25, -0.2) is 0 Å². The van der Waals surface area contributed by atoms with Crippen molar-refractivity contribution in [1.82, 2.24) is 15.2 Å². The molecule has 1 aliphatic heterocycles. The zero-order valence-corrected chi connectivity index (χ0v) is 12.2. The highest BCUT2D eigenvalue weighted by atomic mass is 15.1. The average molecular weight is 288 g/mol. The summed E-state index contributed by atoms with van der Waals surface area (Å²) in [7, 11) is 0. The smallest absolute Gasteiger partial charge is 0.0927 e. The fraction of sp³-hybridized carbons (Fsp3) is 0.167. The molecule has 0 unspecified atom stereocenters. The van der Waals surface area contributed by atoms with E-state index in [4.69, 9.17) is 4.99 Å². The number of fused-ring (bicyclic) bond motifs is 1. The van der Waals surface area contributed by atoms with Crippen LogP contribution in [0.3, 0.4) is 0 Å². The summed E-state index contributed by atoms with van der Waals surface area (Å²) in [5.74, 6) is 0. The van der Waals surface area contributed by atoms with Crippen molar-refractivity contribution in [2.45, 2.75) is 12.8 Å². The summed E-state index contributed by atoms with van der Waals surface area (Å²) in [5, 5.41) is 8.64. The summed E-state index contributed by atoms with van der Waals surface area (Å²) in [5.41, 5.74) is 5.41. The Morgan fingerprint density at radius 2 is 2.05 bits per heavy atom. The van der Waals surface area contributed by atoms with Gasteiger partial charge in [0.05, 0.1) is 16.9 Å². The van der Waals surface area contributed by atoms with Crippen LogP contribution in [0.5, 0.6) is 0 Å². The summed E-state index contributed by atoms with van der Waals surface area (Å²) in [6.07, 6.45) is 7.96. The predicted molar refractivity (Wildman–Crippen MR) is 88.9 cm³/mol. The molecule has 0 saturated heterocycles. The molecule has 0 spiro atoms. The number of nitrogens with one attached hydrogen (secondary N) is 1. The number of aromatic nitrogens is 3. The molecular weight excluding hydrogens is 272 g/mol. The molecule has 3 heterocycles. The highest BCUT2D eigenvalue weighted by Crippen LogP contribution is 2.24. The summed E-state index contributed by atoms with van der Waals surface area (Å²) < 4.78 is 0. The van der Waals surface area contributed by atoms with Gasteiger partial charge in [-0.05, 0) is 42.7 Å². The standard InChI is InChI=1S/C18H16N4/c1-2-8-16-15(7-1)17(22-21-16)11-13-5-4-10-20-18(13)14-6-3-9-19-12-14/h1-3,6-9,11-12H,4-5,10H2,(H,21,22)/b13-11+. The Kier molecular flexibility index (Phi) is 3.27. The Bertz CT molecular complexity index is 859. The van der Waals surface area contributed by atoms with E-state index in [0.717, 1.165) is 47.3 Å². The SMILES string of the molecule is C(=C1/CCCN=C1c1cccnc1)/c1[nH]nc2ccccc12. The predicted octanol–water partition coefficient (Wildman–Crippen LogP) is 3.62. The molecule has 2 aromatic heterocycles. The average Bonchev–Trinajstić information content (AvgIpc) is 2.99. The van der Waals surface area contributed by atoms with Crippen molar-refractivity contribution in [1.29, 1.82) is 0 Å². The Hall–Kier alpha value is -2.75. The summed E-state index contributed by atoms with van der Waals surface area (Å²) in [4.78, 5) is 8.93. The topological polar surface area (TPSA) is 53.9 Å². The second kappa shape index (κ2) is 5.56. The molecule has 0 atom stereocenters. The van der Waals surface area contributed by atoms with E-state index >= 15 is 0 Å². The third kappa shape index (κ3) is 2.33. The summed E-state index contributed by atoms with van der Waals surface area (Å²) >= 11 is 0. The number of pyridine rings is 1. The first-order chi connectivity index (χ1) is 10.9. The minimum Gasteiger partial charge on any atom is -0.284 e. The van der Waals surface area contributed by atoms with Gasteiger partial charge < -0.3 is 0 Å². The largest absolute Gasteiger partial charge is 0.284 e. The second-order valence-corrected chi connectivity index (χ2v) is 5.40. The number of aliphatic imine (C=N–C) groups is 1. The number of para-hydroxylation sites is 1. The number of rotatable bonds is 2. The Morgan fingerprint density at radius 1 is 1.09 bits per heavy atom. The van der Waals surface area contributed by atoms with Gasteiger partial charge in [0.25, 0.3) is 0 Å². The fourth-order valence-electron chi connectivity index (χ4n) is 2.86. The maximum absolute atomic E-state index is 4.72. The lowest BCUT2D eigenvalue weighted by atomic mass is 9.95. The van der Waals surface area contributed by atoms with Crippen LogP contribution in [0.25, 0.3) is 17.0 Å². The van der Waals surface area contributed by atoms with Crippen molar-refractivity contribution in [2.24, 2.45) is 4.99 Å². The van der Waals surface area contributed by atoms with Crippen LogP contribution < -0.4 is 0 Å². The molecule has 0 radical (unpaired) electrons. The molecule has 22 heavy (non-hydrogen) atoms. The Balaban J connectivity index is 1.80. The molecule has 3 aromatic rings. The third-order valence-electron chi connectivity index (χ3n) is 3.92. The second-order valence-electron chi connectivity index (χ2n) is 5.40. The van der Waals surface area contributed by atoms with Crippen LogP contribution in [0.4, 0.5) is 0 Å². The van der Waals surface area contributed by atoms with E-state index in [9.17, 15) is 0 Å². The number of hydrogen-bond acceptors (Lipinski definition) is 3. The number of benzene rings is 1. The van der Waals surface area contributed by atoms with Crippen molar-refractivity contribution in [3.8, 4) is 0 Å². The lowest BCUT2D eigenvalue weighted by Gasteiger charge is -2.16. The van der Waals surface area contributed by atoms with Crippen LogP contribution in [-0.4, -0.2) is 27.4 Å². The maximum atomic E-state index is 4.72. The van der Waals surface area contributed by atoms with Crippen LogP contribution in [-0.2, 0) is 0 Å². The first-order valence-electron chi connectivity index (χ1n) is 7.51. The quantitative estimate of drug-likeness (QED) is 0.783. The van der Waals surface area contributed by atoms with Crippen LogP contribution in [0.15, 0.2) is 59.4 Å². The minimum absolute atomic E-state index is 0.880. The van der Waals surface area contributed by atoms with Crippen molar-refractivity contribution in [3.05, 3.63) is 65.6 Å². The number of nitrogens with zero attached hydrogens (tertiary/aromatic N) is 3. The van der Waals surface area contributed by atoms with Gasteiger partial charge in [0.1, 0.15) is 0 Å². The molecule has 0 aliphatic carbocycles. The van der Waals surface area contributed by atoms with Gasteiger partial charge in [0.15, 0.2) is 0 Å². The molecule has 0 bridgehead atoms. The molecule has 1 aliphatic rings. The molecule has 4 heteroatoms. The third-order valence-corrected chi connectivity index (χ3v) is 3.92. The highest BCUT2D eigenvalue weighted by Gasteiger charge is 2.15. The first kappa shape index (κ1) is 13.0. The first-order valence-corrected chi connectivity index (χ1v) is 7.51. The van der Waals surface area contributed by atoms with Crippen molar-refractivity contribution in [2.75, 3.05) is 6.54 Å². The van der Waals surface area contributed by atoms with E-state index in [1.165, 1.54) is 5.57 Å². The van der Waals surface area contributed by atoms with E-state index < -0.39 is 0 Å². The van der Waals surface area contributed by atoms with Gasteiger partial charge in [-0.15, -0.1) is 0 Å². The molecule has 0 fully saturated rings. The number of hydrogen-bond donors (Lipinski definition) is 1. The Labute approximate surface area is 128 Å². The molecule has 4 rings (SSSR count). The van der Waals surface area contributed by atoms with Gasteiger partial charge in [0.2, 0.25) is 0 Å². The monoisotopic (exact) mass is 288 g/mol. The molecular formula is C18H16N4. The number of aromatic amines is 1. The van der Waals surface area contributed by atoms with Crippen molar-refractivity contribution < 1.29 is 0 Å². The van der Waals surface area contributed by atoms with E-state index in [0.29, 0.717) is 0 Å². The van der Waals surface area contributed by atoms with Gasteiger partial charge in [-0.3, -0.25) is 15.1 Å². The Morgan fingerprint density at radius 3 is 2.95 bits per heavy atom. The van der Waals surface area contributed by atoms with Crippen LogP contribution >= 0.6 is 0 Å². The number of H-pyrrole nitrogens is 1. The van der Waals surface area contributed by atoms with E-state index in [-0.39, 0.29) is 0 Å². The van der Waals surface area contributed by atoms with E-state index in [1.54, 1.807) is 6.20 Å². The zero-order valence-electron chi connectivity index (χ0n) is 12.2. The normalized spacial score (nSPS) is 16.9. The van der Waals surface area contributed by atoms with Crippen LogP contribution in [0, 0.1) is 0 Å². The van der Waals surface area contributed by atoms with Crippen molar-refractivity contribution in [3.63, 3.8) is 0 Å². The summed E-state index contributed by atoms with van der Waals surface area (Å²) in [6.45, 7) is 0.880. The number of allylic oxidation sites excluding steroid dienone is 1. The zero-order chi connectivity index (χ0) is 14.8. The molecule has 108 valence electrons. The molecule has 1 aromatic carbocycles. The van der Waals surface area contributed by atoms with Crippen LogP contribution in [0.2, 0.25) is 0 Å².